The van der Waals surface area contributed by atoms with Crippen molar-refractivity contribution >= 4 is 5.88 Å². The van der Waals surface area contributed by atoms with E-state index < -0.39 is 0 Å². The fourth-order valence-electron chi connectivity index (χ4n) is 1.76. The molecule has 0 saturated heterocycles. The summed E-state index contributed by atoms with van der Waals surface area (Å²) < 4.78 is 10.2. The lowest BCUT2D eigenvalue weighted by molar-refractivity contribution is 0.119. The Morgan fingerprint density at radius 3 is 2.82 bits per heavy atom. The van der Waals surface area contributed by atoms with Crippen LogP contribution in [0.4, 0.5) is 5.88 Å². The summed E-state index contributed by atoms with van der Waals surface area (Å²) in [6.45, 7) is 2.04. The van der Waals surface area contributed by atoms with Gasteiger partial charge >= 0.3 is 0 Å². The van der Waals surface area contributed by atoms with E-state index in [0.29, 0.717) is 5.88 Å². The molecular formula is C13H16N2O2. The molecular weight excluding hydrogens is 216 g/mol. The van der Waals surface area contributed by atoms with E-state index in [9.17, 15) is 0 Å². The number of methoxy groups -OCH3 is 1. The van der Waals surface area contributed by atoms with Crippen molar-refractivity contribution in [2.24, 2.45) is 0 Å². The first-order valence-corrected chi connectivity index (χ1v) is 5.54. The highest BCUT2D eigenvalue weighted by Gasteiger charge is 2.11. The molecule has 2 aromatic rings. The van der Waals surface area contributed by atoms with Crippen LogP contribution in [0.15, 0.2) is 34.9 Å². The Kier molecular flexibility index (Phi) is 3.44. The van der Waals surface area contributed by atoms with Gasteiger partial charge in [0.2, 0.25) is 5.88 Å². The van der Waals surface area contributed by atoms with Crippen LogP contribution in [-0.4, -0.2) is 18.4 Å². The molecule has 0 amide bonds. The van der Waals surface area contributed by atoms with Crippen molar-refractivity contribution in [3.63, 3.8) is 0 Å². The number of benzene rings is 1. The van der Waals surface area contributed by atoms with E-state index in [2.05, 4.69) is 11.2 Å². The number of nitrogens with zero attached hydrogens (tertiary/aromatic N) is 1. The first kappa shape index (κ1) is 11.7. The molecule has 0 bridgehead atoms. The molecule has 0 radical (unpaired) electrons. The van der Waals surface area contributed by atoms with Crippen LogP contribution in [0.1, 0.15) is 12.5 Å². The molecule has 1 aromatic carbocycles. The van der Waals surface area contributed by atoms with Gasteiger partial charge in [0.25, 0.3) is 0 Å². The zero-order chi connectivity index (χ0) is 12.3. The summed E-state index contributed by atoms with van der Waals surface area (Å²) in [5.74, 6) is 0.328. The SMILES string of the molecule is COC(C)Cc1ccccc1-c1cc(N)on1. The van der Waals surface area contributed by atoms with Crippen LogP contribution in [0.5, 0.6) is 0 Å². The van der Waals surface area contributed by atoms with Gasteiger partial charge in [-0.25, -0.2) is 0 Å². The first-order valence-electron chi connectivity index (χ1n) is 5.54. The molecule has 2 rings (SSSR count). The number of ether oxygens (including phenoxy) is 1. The topological polar surface area (TPSA) is 61.3 Å². The average Bonchev–Trinajstić information content (AvgIpc) is 2.76. The standard InChI is InChI=1S/C13H16N2O2/c1-9(16-2)7-10-5-3-4-6-11(10)12-8-13(14)17-15-12/h3-6,8-9H,7,14H2,1-2H3. The maximum Gasteiger partial charge on any atom is 0.222 e. The lowest BCUT2D eigenvalue weighted by Gasteiger charge is -2.11. The molecule has 0 aliphatic heterocycles. The Bertz CT molecular complexity index is 494. The molecule has 4 nitrogen and oxygen atoms in total. The van der Waals surface area contributed by atoms with Gasteiger partial charge in [0, 0.05) is 18.7 Å². The lowest BCUT2D eigenvalue weighted by Crippen LogP contribution is -2.09. The van der Waals surface area contributed by atoms with Crippen molar-refractivity contribution in [1.82, 2.24) is 5.16 Å². The molecule has 4 heteroatoms. The monoisotopic (exact) mass is 232 g/mol. The summed E-state index contributed by atoms with van der Waals surface area (Å²) in [6.07, 6.45) is 1.000. The largest absolute Gasteiger partial charge is 0.381 e. The van der Waals surface area contributed by atoms with Gasteiger partial charge in [-0.1, -0.05) is 29.4 Å². The Balaban J connectivity index is 2.33. The summed E-state index contributed by atoms with van der Waals surface area (Å²) in [5, 5.41) is 3.94. The fourth-order valence-corrected chi connectivity index (χ4v) is 1.76. The van der Waals surface area contributed by atoms with Crippen LogP contribution < -0.4 is 5.73 Å². The van der Waals surface area contributed by atoms with Crippen LogP contribution in [0.25, 0.3) is 11.3 Å². The minimum absolute atomic E-state index is 0.167. The van der Waals surface area contributed by atoms with E-state index in [-0.39, 0.29) is 6.10 Å². The molecule has 0 aliphatic rings. The van der Waals surface area contributed by atoms with E-state index >= 15 is 0 Å². The minimum atomic E-state index is 0.167. The van der Waals surface area contributed by atoms with E-state index in [1.165, 1.54) is 5.56 Å². The summed E-state index contributed by atoms with van der Waals surface area (Å²) in [4.78, 5) is 0. The van der Waals surface area contributed by atoms with E-state index in [1.807, 2.05) is 25.1 Å². The van der Waals surface area contributed by atoms with Gasteiger partial charge in [0.1, 0.15) is 5.69 Å². The highest BCUT2D eigenvalue weighted by atomic mass is 16.5. The lowest BCUT2D eigenvalue weighted by atomic mass is 10.00. The quantitative estimate of drug-likeness (QED) is 0.879. The predicted molar refractivity (Wildman–Crippen MR) is 66.5 cm³/mol. The number of rotatable bonds is 4. The molecule has 1 aromatic heterocycles. The number of nitrogens with two attached hydrogens (primary N) is 1. The summed E-state index contributed by atoms with van der Waals surface area (Å²) in [5.41, 5.74) is 8.52. The number of anilines is 1. The first-order chi connectivity index (χ1) is 8.20. The molecule has 0 saturated carbocycles. The minimum Gasteiger partial charge on any atom is -0.381 e. The maximum atomic E-state index is 5.54. The third-order valence-electron chi connectivity index (χ3n) is 2.73. The molecule has 17 heavy (non-hydrogen) atoms. The zero-order valence-corrected chi connectivity index (χ0v) is 10.0. The second-order valence-corrected chi connectivity index (χ2v) is 4.02. The van der Waals surface area contributed by atoms with Gasteiger partial charge in [-0.15, -0.1) is 0 Å². The third kappa shape index (κ3) is 2.65. The Morgan fingerprint density at radius 1 is 1.41 bits per heavy atom. The summed E-state index contributed by atoms with van der Waals surface area (Å²) >= 11 is 0. The molecule has 0 fully saturated rings. The highest BCUT2D eigenvalue weighted by Crippen LogP contribution is 2.25. The Labute approximate surface area is 100 Å². The zero-order valence-electron chi connectivity index (χ0n) is 10.0. The maximum absolute atomic E-state index is 5.54. The van der Waals surface area contributed by atoms with E-state index in [1.54, 1.807) is 13.2 Å². The van der Waals surface area contributed by atoms with Crippen LogP contribution in [-0.2, 0) is 11.2 Å². The molecule has 1 heterocycles. The van der Waals surface area contributed by atoms with Crippen LogP contribution in [0, 0.1) is 0 Å². The Morgan fingerprint density at radius 2 is 2.18 bits per heavy atom. The van der Waals surface area contributed by atoms with Crippen molar-refractivity contribution < 1.29 is 9.26 Å². The van der Waals surface area contributed by atoms with Crippen molar-refractivity contribution in [3.8, 4) is 11.3 Å². The number of hydrogen-bond donors (Lipinski definition) is 1. The van der Waals surface area contributed by atoms with Gasteiger partial charge < -0.3 is 15.0 Å². The number of hydrogen-bond acceptors (Lipinski definition) is 4. The van der Waals surface area contributed by atoms with Crippen molar-refractivity contribution in [1.29, 1.82) is 0 Å². The van der Waals surface area contributed by atoms with Crippen molar-refractivity contribution in [2.75, 3.05) is 12.8 Å². The van der Waals surface area contributed by atoms with Gasteiger partial charge in [-0.3, -0.25) is 0 Å². The van der Waals surface area contributed by atoms with Crippen LogP contribution >= 0.6 is 0 Å². The van der Waals surface area contributed by atoms with Crippen LogP contribution in [0.3, 0.4) is 0 Å². The average molecular weight is 232 g/mol. The second kappa shape index (κ2) is 5.01. The highest BCUT2D eigenvalue weighted by molar-refractivity contribution is 5.65. The molecule has 2 N–H and O–H groups in total. The number of nitrogen functional groups attached to an aromatic ring is 1. The van der Waals surface area contributed by atoms with Crippen molar-refractivity contribution in [2.45, 2.75) is 19.4 Å². The van der Waals surface area contributed by atoms with Crippen LogP contribution in [0.2, 0.25) is 0 Å². The van der Waals surface area contributed by atoms with E-state index in [4.69, 9.17) is 15.0 Å². The van der Waals surface area contributed by atoms with Gasteiger partial charge in [-0.05, 0) is 18.9 Å². The summed E-state index contributed by atoms with van der Waals surface area (Å²) in [7, 11) is 1.71. The van der Waals surface area contributed by atoms with E-state index in [0.717, 1.165) is 17.7 Å². The fraction of sp³-hybridized carbons (Fsp3) is 0.308. The van der Waals surface area contributed by atoms with Gasteiger partial charge in [0.15, 0.2) is 0 Å². The third-order valence-corrected chi connectivity index (χ3v) is 2.73. The van der Waals surface area contributed by atoms with Gasteiger partial charge in [-0.2, -0.15) is 0 Å². The molecule has 1 atom stereocenters. The number of aromatic nitrogens is 1. The molecule has 1 unspecified atom stereocenters. The second-order valence-electron chi connectivity index (χ2n) is 4.02. The predicted octanol–water partition coefficient (Wildman–Crippen LogP) is 2.50. The van der Waals surface area contributed by atoms with Gasteiger partial charge in [0.05, 0.1) is 6.10 Å². The Hall–Kier alpha value is -1.81. The normalized spacial score (nSPS) is 12.6. The van der Waals surface area contributed by atoms with Crippen molar-refractivity contribution in [3.05, 3.63) is 35.9 Å². The smallest absolute Gasteiger partial charge is 0.222 e. The molecule has 0 spiro atoms. The molecule has 90 valence electrons. The molecule has 0 aliphatic carbocycles. The summed E-state index contributed by atoms with van der Waals surface area (Å²) in [6, 6.07) is 9.78.